The lowest BCUT2D eigenvalue weighted by atomic mass is 9.65. The van der Waals surface area contributed by atoms with Gasteiger partial charge in [-0.05, 0) is 82.3 Å². The van der Waals surface area contributed by atoms with Crippen LogP contribution in [0.15, 0.2) is 66.7 Å². The molecule has 196 valence electrons. The van der Waals surface area contributed by atoms with Crippen LogP contribution < -0.4 is 0 Å². The Morgan fingerprint density at radius 3 is 1.53 bits per heavy atom. The predicted octanol–water partition coefficient (Wildman–Crippen LogP) is 11.5. The van der Waals surface area contributed by atoms with Crippen molar-refractivity contribution in [2.45, 2.75) is 102 Å². The normalized spacial score (nSPS) is 11.0. The molecule has 0 spiro atoms. The zero-order chi connectivity index (χ0) is 27.7. The molecule has 0 fully saturated rings. The highest BCUT2D eigenvalue weighted by Gasteiger charge is 2.33. The number of hydrogen-bond acceptors (Lipinski definition) is 0. The van der Waals surface area contributed by atoms with Crippen LogP contribution in [0.5, 0.6) is 0 Å². The van der Waals surface area contributed by atoms with Gasteiger partial charge in [0.15, 0.2) is 0 Å². The number of fused-ring (bicyclic) bond motifs is 2. The summed E-state index contributed by atoms with van der Waals surface area (Å²) < 4.78 is 0. The predicted molar refractivity (Wildman–Crippen MR) is 167 cm³/mol. The average Bonchev–Trinajstić information content (AvgIpc) is 2.86. The summed E-state index contributed by atoms with van der Waals surface area (Å²) in [5.74, 6) is 0. The number of aryl methyl sites for hydroxylation is 4. The highest BCUT2D eigenvalue weighted by molar-refractivity contribution is 6.02. The monoisotopic (exact) mass is 484 g/mol. The lowest BCUT2D eigenvalue weighted by Gasteiger charge is -2.39. The van der Waals surface area contributed by atoms with Crippen molar-refractivity contribution >= 4 is 21.5 Å². The third-order valence-corrected chi connectivity index (χ3v) is 7.50. The van der Waals surface area contributed by atoms with E-state index in [1.54, 1.807) is 0 Å². The van der Waals surface area contributed by atoms with Gasteiger partial charge in [-0.1, -0.05) is 141 Å². The molecular weight excluding hydrogens is 432 g/mol. The van der Waals surface area contributed by atoms with E-state index in [0.717, 1.165) is 6.42 Å². The lowest BCUT2D eigenvalue weighted by molar-refractivity contribution is 0.225. The molecule has 36 heavy (non-hydrogen) atoms. The first kappa shape index (κ1) is 31.4. The second kappa shape index (κ2) is 13.6. The minimum atomic E-state index is 0.223. The molecule has 0 saturated carbocycles. The Hall–Kier alpha value is -2.60. The summed E-state index contributed by atoms with van der Waals surface area (Å²) in [5, 5.41) is 5.47. The van der Waals surface area contributed by atoms with Crippen LogP contribution in [-0.2, 0) is 11.8 Å². The molecule has 0 aromatic heterocycles. The second-order valence-electron chi connectivity index (χ2n) is 10.9. The molecule has 0 aliphatic rings. The highest BCUT2D eigenvalue weighted by atomic mass is 14.4. The molecule has 4 aromatic rings. The van der Waals surface area contributed by atoms with E-state index in [-0.39, 0.29) is 5.41 Å². The molecule has 0 nitrogen and oxygen atoms in total. The Labute approximate surface area is 223 Å². The van der Waals surface area contributed by atoms with Crippen LogP contribution in [-0.4, -0.2) is 0 Å². The molecule has 0 unspecified atom stereocenters. The first-order valence-corrected chi connectivity index (χ1v) is 13.9. The number of benzene rings is 4. The van der Waals surface area contributed by atoms with E-state index in [0.29, 0.717) is 5.41 Å². The van der Waals surface area contributed by atoms with E-state index in [9.17, 15) is 0 Å². The number of rotatable bonds is 2. The van der Waals surface area contributed by atoms with E-state index in [4.69, 9.17) is 0 Å². The van der Waals surface area contributed by atoms with Gasteiger partial charge in [0, 0.05) is 0 Å². The third kappa shape index (κ3) is 7.45. The minimum Gasteiger partial charge on any atom is -0.0683 e. The smallest absolute Gasteiger partial charge is 0.00551 e. The molecule has 4 aromatic carbocycles. The Morgan fingerprint density at radius 1 is 0.556 bits per heavy atom. The SMILES string of the molecule is CC.CC.CCc1ccc2c(C)c3ccc(C)cc3cc2c1.Cc1ccc(C(C)(C)C(C)(C)C)cc1. The van der Waals surface area contributed by atoms with Crippen molar-refractivity contribution in [2.24, 2.45) is 5.41 Å². The van der Waals surface area contributed by atoms with Crippen LogP contribution in [0.25, 0.3) is 21.5 Å². The van der Waals surface area contributed by atoms with Crippen molar-refractivity contribution in [1.29, 1.82) is 0 Å². The Morgan fingerprint density at radius 2 is 1.03 bits per heavy atom. The second-order valence-corrected chi connectivity index (χ2v) is 10.9. The maximum absolute atomic E-state index is 2.32. The van der Waals surface area contributed by atoms with Crippen LogP contribution in [0.2, 0.25) is 0 Å². The number of hydrogen-bond donors (Lipinski definition) is 0. The molecule has 4 rings (SSSR count). The van der Waals surface area contributed by atoms with Crippen molar-refractivity contribution in [3.63, 3.8) is 0 Å². The van der Waals surface area contributed by atoms with Gasteiger partial charge in [-0.3, -0.25) is 0 Å². The molecule has 0 radical (unpaired) electrons. The van der Waals surface area contributed by atoms with Crippen molar-refractivity contribution in [3.05, 3.63) is 94.5 Å². The molecule has 0 saturated heterocycles. The van der Waals surface area contributed by atoms with Gasteiger partial charge in [-0.15, -0.1) is 0 Å². The van der Waals surface area contributed by atoms with Gasteiger partial charge in [0.25, 0.3) is 0 Å². The lowest BCUT2D eigenvalue weighted by Crippen LogP contribution is -2.33. The summed E-state index contributed by atoms with van der Waals surface area (Å²) in [4.78, 5) is 0. The van der Waals surface area contributed by atoms with Crippen LogP contribution in [0.4, 0.5) is 0 Å². The summed E-state index contributed by atoms with van der Waals surface area (Å²) in [6.45, 7) is 28.3. The Bertz CT molecular complexity index is 1220. The molecule has 0 heteroatoms. The van der Waals surface area contributed by atoms with Crippen LogP contribution >= 0.6 is 0 Å². The topological polar surface area (TPSA) is 0 Å². The van der Waals surface area contributed by atoms with Crippen LogP contribution in [0.3, 0.4) is 0 Å². The van der Waals surface area contributed by atoms with Crippen molar-refractivity contribution in [1.82, 2.24) is 0 Å². The van der Waals surface area contributed by atoms with Crippen LogP contribution in [0.1, 0.15) is 97.1 Å². The van der Waals surface area contributed by atoms with Gasteiger partial charge in [0.2, 0.25) is 0 Å². The van der Waals surface area contributed by atoms with Gasteiger partial charge in [0.05, 0.1) is 0 Å². The van der Waals surface area contributed by atoms with E-state index in [1.165, 1.54) is 49.4 Å². The largest absolute Gasteiger partial charge is 0.0683 e. The molecule has 0 aliphatic heterocycles. The fraction of sp³-hybridized carbons (Fsp3) is 0.444. The van der Waals surface area contributed by atoms with E-state index in [2.05, 4.69) is 129 Å². The first-order valence-electron chi connectivity index (χ1n) is 13.9. The van der Waals surface area contributed by atoms with E-state index < -0.39 is 0 Å². The fourth-order valence-corrected chi connectivity index (χ4v) is 4.15. The van der Waals surface area contributed by atoms with Crippen molar-refractivity contribution < 1.29 is 0 Å². The van der Waals surface area contributed by atoms with Crippen LogP contribution in [0, 0.1) is 26.2 Å². The summed E-state index contributed by atoms with van der Waals surface area (Å²) in [6, 6.07) is 24.8. The van der Waals surface area contributed by atoms with Gasteiger partial charge >= 0.3 is 0 Å². The maximum atomic E-state index is 2.32. The molecule has 0 bridgehead atoms. The average molecular weight is 485 g/mol. The van der Waals surface area contributed by atoms with Gasteiger partial charge in [0.1, 0.15) is 0 Å². The zero-order valence-electron chi connectivity index (χ0n) is 25.6. The van der Waals surface area contributed by atoms with E-state index >= 15 is 0 Å². The van der Waals surface area contributed by atoms with Gasteiger partial charge in [-0.2, -0.15) is 0 Å². The fourth-order valence-electron chi connectivity index (χ4n) is 4.15. The molecule has 0 N–H and O–H groups in total. The quantitative estimate of drug-likeness (QED) is 0.248. The molecular formula is C36H52. The van der Waals surface area contributed by atoms with E-state index in [1.807, 2.05) is 27.7 Å². The Balaban J connectivity index is 0.000000325. The maximum Gasteiger partial charge on any atom is -0.00551 e. The summed E-state index contributed by atoms with van der Waals surface area (Å²) in [6.07, 6.45) is 1.10. The van der Waals surface area contributed by atoms with Gasteiger partial charge < -0.3 is 0 Å². The molecule has 0 amide bonds. The van der Waals surface area contributed by atoms with Crippen molar-refractivity contribution in [3.8, 4) is 0 Å². The van der Waals surface area contributed by atoms with Crippen molar-refractivity contribution in [2.75, 3.05) is 0 Å². The zero-order valence-corrected chi connectivity index (χ0v) is 25.6. The first-order chi connectivity index (χ1) is 16.9. The minimum absolute atomic E-state index is 0.223. The standard InChI is InChI=1S/C18H18.C14H22.2C2H6/c1-4-14-6-8-18-13(3)17-7-5-12(2)9-15(17)11-16(18)10-14;1-11-7-9-12(10-8-11)14(5,6)13(2,3)4;2*1-2/h5-11H,4H2,1-3H3;7-10H,1-6H3;2*1-2H3. The summed E-state index contributed by atoms with van der Waals surface area (Å²) >= 11 is 0. The molecule has 0 atom stereocenters. The Kier molecular flexibility index (Phi) is 11.9. The molecule has 0 heterocycles. The summed E-state index contributed by atoms with van der Waals surface area (Å²) in [5.41, 5.74) is 7.41. The van der Waals surface area contributed by atoms with Gasteiger partial charge in [-0.25, -0.2) is 0 Å². The summed E-state index contributed by atoms with van der Waals surface area (Å²) in [7, 11) is 0. The molecule has 0 aliphatic carbocycles. The third-order valence-electron chi connectivity index (χ3n) is 7.50. The highest BCUT2D eigenvalue weighted by Crippen LogP contribution is 2.40.